The van der Waals surface area contributed by atoms with Crippen molar-refractivity contribution in [2.24, 2.45) is 0 Å². The molecular formula is C25H24F4N4O2. The van der Waals surface area contributed by atoms with Crippen molar-refractivity contribution < 1.29 is 27.5 Å². The third-order valence-electron chi connectivity index (χ3n) is 5.42. The molecule has 184 valence electrons. The van der Waals surface area contributed by atoms with Crippen LogP contribution in [0, 0.1) is 11.2 Å². The lowest BCUT2D eigenvalue weighted by Gasteiger charge is -2.31. The average molecular weight is 488 g/mol. The number of amides is 1. The first-order chi connectivity index (χ1) is 16.4. The summed E-state index contributed by atoms with van der Waals surface area (Å²) in [5.74, 6) is -0.995. The molecule has 1 amide bonds. The number of alkyl halides is 3. The van der Waals surface area contributed by atoms with Crippen LogP contribution in [0.15, 0.2) is 67.4 Å². The highest BCUT2D eigenvalue weighted by atomic mass is 19.4. The van der Waals surface area contributed by atoms with Gasteiger partial charge in [0.15, 0.2) is 0 Å². The van der Waals surface area contributed by atoms with Crippen LogP contribution in [-0.4, -0.2) is 47.0 Å². The molecule has 35 heavy (non-hydrogen) atoms. The number of hydrogen-bond donors (Lipinski definition) is 3. The van der Waals surface area contributed by atoms with Gasteiger partial charge in [-0.3, -0.25) is 4.79 Å². The summed E-state index contributed by atoms with van der Waals surface area (Å²) in [6, 6.07) is 9.74. The predicted molar refractivity (Wildman–Crippen MR) is 126 cm³/mol. The molecule has 3 rings (SSSR count). The van der Waals surface area contributed by atoms with Crippen molar-refractivity contribution in [2.75, 3.05) is 19.4 Å². The van der Waals surface area contributed by atoms with Crippen molar-refractivity contribution in [1.82, 2.24) is 9.47 Å². The number of nitrogens with one attached hydrogen (secondary N) is 2. The monoisotopic (exact) mass is 488 g/mol. The van der Waals surface area contributed by atoms with Crippen molar-refractivity contribution >= 4 is 23.5 Å². The van der Waals surface area contributed by atoms with Crippen LogP contribution in [0.1, 0.15) is 27.2 Å². The molecule has 3 aromatic rings. The smallest absolute Gasteiger partial charge is 0.372 e. The molecule has 0 bridgehead atoms. The van der Waals surface area contributed by atoms with Gasteiger partial charge >= 0.3 is 6.18 Å². The van der Waals surface area contributed by atoms with Gasteiger partial charge in [-0.25, -0.2) is 4.39 Å². The van der Waals surface area contributed by atoms with Crippen LogP contribution in [0.4, 0.5) is 28.9 Å². The van der Waals surface area contributed by atoms with E-state index in [2.05, 4.69) is 11.9 Å². The number of carbonyl (C=O) groups is 1. The fraction of sp³-hybridized carbons (Fsp3) is 0.200. The van der Waals surface area contributed by atoms with Gasteiger partial charge in [0.25, 0.3) is 5.91 Å². The Labute approximate surface area is 199 Å². The SMILES string of the molecule is C=CCn1cc(C(O)(c2ccc(Nc3ccc(F)cc3)c(C=N)c2)C(F)(F)F)cc1C(=O)N(C)C. The van der Waals surface area contributed by atoms with Crippen LogP contribution in [0.3, 0.4) is 0 Å². The highest BCUT2D eigenvalue weighted by Crippen LogP contribution is 2.45. The molecule has 1 unspecified atom stereocenters. The first-order valence-electron chi connectivity index (χ1n) is 10.4. The minimum atomic E-state index is -5.16. The maximum atomic E-state index is 14.4. The number of anilines is 2. The lowest BCUT2D eigenvalue weighted by atomic mass is 9.86. The molecule has 1 aromatic heterocycles. The molecule has 0 saturated carbocycles. The standard InChI is InChI=1S/C25H24F4N4O2/c1-4-11-33-15-18(13-22(33)23(34)32(2)3)24(35,25(27,28)29)17-5-10-21(16(12-17)14-30)31-20-8-6-19(26)7-9-20/h4-10,12-15,30-31,35H,1,11H2,2-3H3. The van der Waals surface area contributed by atoms with Crippen molar-refractivity contribution in [3.05, 3.63) is 95.6 Å². The molecule has 1 heterocycles. The minimum Gasteiger partial charge on any atom is -0.372 e. The van der Waals surface area contributed by atoms with Gasteiger partial charge in [0.2, 0.25) is 5.60 Å². The van der Waals surface area contributed by atoms with E-state index in [0.29, 0.717) is 5.69 Å². The van der Waals surface area contributed by atoms with Crippen LogP contribution in [0.2, 0.25) is 0 Å². The van der Waals surface area contributed by atoms with Gasteiger partial charge in [0.05, 0.1) is 0 Å². The number of benzene rings is 2. The molecule has 2 aromatic carbocycles. The number of rotatable bonds is 8. The third-order valence-corrected chi connectivity index (χ3v) is 5.42. The van der Waals surface area contributed by atoms with E-state index in [-0.39, 0.29) is 23.5 Å². The first-order valence-corrected chi connectivity index (χ1v) is 10.4. The average Bonchev–Trinajstić information content (AvgIpc) is 3.23. The van der Waals surface area contributed by atoms with Crippen LogP contribution >= 0.6 is 0 Å². The Kier molecular flexibility index (Phi) is 7.16. The Morgan fingerprint density at radius 3 is 2.34 bits per heavy atom. The van der Waals surface area contributed by atoms with Crippen molar-refractivity contribution in [1.29, 1.82) is 5.41 Å². The molecule has 0 aliphatic heterocycles. The summed E-state index contributed by atoms with van der Waals surface area (Å²) in [6.45, 7) is 3.62. The van der Waals surface area contributed by atoms with Gasteiger partial charge in [0.1, 0.15) is 11.5 Å². The number of hydrogen-bond acceptors (Lipinski definition) is 4. The van der Waals surface area contributed by atoms with Crippen LogP contribution in [-0.2, 0) is 12.1 Å². The highest BCUT2D eigenvalue weighted by Gasteiger charge is 2.57. The summed E-state index contributed by atoms with van der Waals surface area (Å²) in [7, 11) is 2.93. The van der Waals surface area contributed by atoms with Gasteiger partial charge in [-0.1, -0.05) is 12.1 Å². The molecule has 0 saturated heterocycles. The zero-order valence-corrected chi connectivity index (χ0v) is 19.0. The number of allylic oxidation sites excluding steroid dienone is 1. The predicted octanol–water partition coefficient (Wildman–Crippen LogP) is 5.05. The molecule has 3 N–H and O–H groups in total. The molecule has 0 radical (unpaired) electrons. The molecule has 0 fully saturated rings. The lowest BCUT2D eigenvalue weighted by molar-refractivity contribution is -0.248. The second-order valence-electron chi connectivity index (χ2n) is 8.04. The molecule has 10 heteroatoms. The molecule has 6 nitrogen and oxygen atoms in total. The minimum absolute atomic E-state index is 0.0468. The van der Waals surface area contributed by atoms with E-state index in [1.807, 2.05) is 0 Å². The van der Waals surface area contributed by atoms with Crippen molar-refractivity contribution in [3.63, 3.8) is 0 Å². The van der Waals surface area contributed by atoms with E-state index in [1.54, 1.807) is 0 Å². The van der Waals surface area contributed by atoms with Crippen molar-refractivity contribution in [3.8, 4) is 0 Å². The van der Waals surface area contributed by atoms with Gasteiger partial charge in [-0.15, -0.1) is 6.58 Å². The van der Waals surface area contributed by atoms with E-state index in [0.717, 1.165) is 30.6 Å². The van der Waals surface area contributed by atoms with Gasteiger partial charge in [0, 0.05) is 55.6 Å². The molecule has 0 aliphatic carbocycles. The Balaban J connectivity index is 2.14. The van der Waals surface area contributed by atoms with E-state index in [9.17, 15) is 27.5 Å². The quantitative estimate of drug-likeness (QED) is 0.236. The second-order valence-corrected chi connectivity index (χ2v) is 8.04. The van der Waals surface area contributed by atoms with Crippen molar-refractivity contribution in [2.45, 2.75) is 18.3 Å². The second kappa shape index (κ2) is 9.75. The highest BCUT2D eigenvalue weighted by molar-refractivity contribution is 5.93. The zero-order valence-electron chi connectivity index (χ0n) is 19.0. The van der Waals surface area contributed by atoms with E-state index < -0.39 is 34.6 Å². The summed E-state index contributed by atoms with van der Waals surface area (Å²) < 4.78 is 57.7. The molecule has 1 atom stereocenters. The van der Waals surface area contributed by atoms with Gasteiger partial charge < -0.3 is 25.3 Å². The summed E-state index contributed by atoms with van der Waals surface area (Å²) in [5.41, 5.74) is -3.79. The molecular weight excluding hydrogens is 464 g/mol. The van der Waals surface area contributed by atoms with E-state index in [1.165, 1.54) is 60.0 Å². The van der Waals surface area contributed by atoms with Crippen LogP contribution < -0.4 is 5.32 Å². The lowest BCUT2D eigenvalue weighted by Crippen LogP contribution is -2.43. The number of carbonyl (C=O) groups excluding carboxylic acids is 1. The topological polar surface area (TPSA) is 81.3 Å². The van der Waals surface area contributed by atoms with Gasteiger partial charge in [-0.05, 0) is 48.0 Å². The Morgan fingerprint density at radius 2 is 1.80 bits per heavy atom. The fourth-order valence-corrected chi connectivity index (χ4v) is 3.61. The zero-order chi connectivity index (χ0) is 26.0. The van der Waals surface area contributed by atoms with Crippen LogP contribution in [0.5, 0.6) is 0 Å². The van der Waals surface area contributed by atoms with Crippen LogP contribution in [0.25, 0.3) is 0 Å². The summed E-state index contributed by atoms with van der Waals surface area (Å²) >= 11 is 0. The normalized spacial score (nSPS) is 13.1. The summed E-state index contributed by atoms with van der Waals surface area (Å²) in [6.07, 6.45) is -1.82. The summed E-state index contributed by atoms with van der Waals surface area (Å²) in [5, 5.41) is 21.7. The molecule has 0 spiro atoms. The number of nitrogens with zero attached hydrogens (tertiary/aromatic N) is 2. The fourth-order valence-electron chi connectivity index (χ4n) is 3.61. The number of aliphatic hydroxyl groups is 1. The third kappa shape index (κ3) is 4.97. The van der Waals surface area contributed by atoms with Gasteiger partial charge in [-0.2, -0.15) is 13.2 Å². The first kappa shape index (κ1) is 25.7. The Hall–Kier alpha value is -3.92. The molecule has 0 aliphatic rings. The van der Waals surface area contributed by atoms with E-state index in [4.69, 9.17) is 5.41 Å². The Bertz CT molecular complexity index is 1250. The summed E-state index contributed by atoms with van der Waals surface area (Å²) in [4.78, 5) is 13.8. The maximum Gasteiger partial charge on any atom is 0.425 e. The maximum absolute atomic E-state index is 14.4. The number of halogens is 4. The largest absolute Gasteiger partial charge is 0.425 e. The Morgan fingerprint density at radius 1 is 1.14 bits per heavy atom. The van der Waals surface area contributed by atoms with E-state index >= 15 is 0 Å². The number of aromatic nitrogens is 1.